The molecule has 0 saturated heterocycles. The largest absolute Gasteiger partial charge is 0.456 e. The van der Waals surface area contributed by atoms with Gasteiger partial charge in [0.05, 0.1) is 11.4 Å². The minimum absolute atomic E-state index is 0.882. The molecule has 12 aromatic rings. The molecule has 0 aliphatic heterocycles. The third-order valence-electron chi connectivity index (χ3n) is 12.0. The van der Waals surface area contributed by atoms with E-state index in [1.165, 1.54) is 65.0 Å². The second-order valence-electron chi connectivity index (χ2n) is 15.2. The van der Waals surface area contributed by atoms with Crippen LogP contribution in [0, 0.1) is 0 Å². The van der Waals surface area contributed by atoms with Gasteiger partial charge in [0.25, 0.3) is 0 Å². The number of furan rings is 1. The fourth-order valence-corrected chi connectivity index (χ4v) is 9.34. The van der Waals surface area contributed by atoms with Gasteiger partial charge in [-0.1, -0.05) is 164 Å². The van der Waals surface area contributed by atoms with Crippen LogP contribution in [0.5, 0.6) is 0 Å². The Morgan fingerprint density at radius 3 is 1.59 bits per heavy atom. The minimum atomic E-state index is 0.882. The van der Waals surface area contributed by atoms with E-state index in [0.29, 0.717) is 0 Å². The maximum absolute atomic E-state index is 6.60. The van der Waals surface area contributed by atoms with Gasteiger partial charge in [-0.05, 0) is 114 Å². The van der Waals surface area contributed by atoms with Gasteiger partial charge in [-0.25, -0.2) is 0 Å². The molecular weight excluding hydrogens is 703 g/mol. The number of anilines is 3. The molecule has 1 heterocycles. The van der Waals surface area contributed by atoms with Gasteiger partial charge in [0.15, 0.2) is 0 Å². The maximum atomic E-state index is 6.60. The van der Waals surface area contributed by atoms with Crippen LogP contribution in [0.15, 0.2) is 217 Å². The zero-order valence-corrected chi connectivity index (χ0v) is 31.6. The van der Waals surface area contributed by atoms with Crippen molar-refractivity contribution in [2.75, 3.05) is 4.90 Å². The molecule has 12 rings (SSSR count). The molecule has 270 valence electrons. The minimum Gasteiger partial charge on any atom is -0.456 e. The van der Waals surface area contributed by atoms with Crippen LogP contribution in [0.25, 0.3) is 98.1 Å². The summed E-state index contributed by atoms with van der Waals surface area (Å²) in [6, 6.07) is 77.2. The predicted molar refractivity (Wildman–Crippen MR) is 247 cm³/mol. The van der Waals surface area contributed by atoms with E-state index in [-0.39, 0.29) is 0 Å². The first-order chi connectivity index (χ1) is 28.8. The molecule has 0 spiro atoms. The van der Waals surface area contributed by atoms with Gasteiger partial charge in [0.1, 0.15) is 11.2 Å². The van der Waals surface area contributed by atoms with Gasteiger partial charge in [0, 0.05) is 27.4 Å². The van der Waals surface area contributed by atoms with Crippen LogP contribution in [-0.2, 0) is 0 Å². The molecule has 0 saturated carbocycles. The molecule has 0 bridgehead atoms. The molecular formula is C56H35NO. The maximum Gasteiger partial charge on any atom is 0.136 e. The van der Waals surface area contributed by atoms with Crippen LogP contribution < -0.4 is 4.90 Å². The Kier molecular flexibility index (Phi) is 7.26. The van der Waals surface area contributed by atoms with Crippen molar-refractivity contribution in [1.29, 1.82) is 0 Å². The van der Waals surface area contributed by atoms with Crippen molar-refractivity contribution < 1.29 is 4.42 Å². The van der Waals surface area contributed by atoms with Crippen LogP contribution in [0.2, 0.25) is 0 Å². The zero-order chi connectivity index (χ0) is 38.2. The zero-order valence-electron chi connectivity index (χ0n) is 31.6. The molecule has 1 aromatic heterocycles. The Hall–Kier alpha value is -7.68. The summed E-state index contributed by atoms with van der Waals surface area (Å²) in [6.45, 7) is 0. The summed E-state index contributed by atoms with van der Waals surface area (Å²) in [5, 5.41) is 14.5. The summed E-state index contributed by atoms with van der Waals surface area (Å²) in [7, 11) is 0. The fraction of sp³-hybridized carbons (Fsp3) is 0. The number of hydrogen-bond acceptors (Lipinski definition) is 2. The number of rotatable bonds is 5. The average molecular weight is 738 g/mol. The van der Waals surface area contributed by atoms with E-state index in [9.17, 15) is 0 Å². The number of fused-ring (bicyclic) bond motifs is 10. The molecule has 2 nitrogen and oxygen atoms in total. The van der Waals surface area contributed by atoms with Crippen molar-refractivity contribution in [3.63, 3.8) is 0 Å². The lowest BCUT2D eigenvalue weighted by molar-refractivity contribution is 0.669. The standard InChI is InChI=1S/C56H35NO/c1-2-15-38-35-55-51(32-37(38)14-1)56-49(25-13-27-54(56)58-55)48-24-11-12-26-52(48)57(53-34-40-17-4-6-19-43(40)45-21-9-10-23-47(45)53)41-30-28-36(29-31-41)50-33-39-16-3-5-18-42(39)44-20-7-8-22-46(44)50/h1-35H. The molecule has 0 aliphatic carbocycles. The monoisotopic (exact) mass is 737 g/mol. The number of hydrogen-bond donors (Lipinski definition) is 0. The smallest absolute Gasteiger partial charge is 0.136 e. The Balaban J connectivity index is 1.11. The average Bonchev–Trinajstić information content (AvgIpc) is 3.66. The van der Waals surface area contributed by atoms with E-state index in [1.807, 2.05) is 0 Å². The van der Waals surface area contributed by atoms with Gasteiger partial charge in [-0.15, -0.1) is 0 Å². The molecule has 0 amide bonds. The van der Waals surface area contributed by atoms with Crippen LogP contribution in [0.4, 0.5) is 17.1 Å². The lowest BCUT2D eigenvalue weighted by Gasteiger charge is -2.30. The van der Waals surface area contributed by atoms with Crippen molar-refractivity contribution >= 4 is 92.9 Å². The Bertz CT molecular complexity index is 3580. The topological polar surface area (TPSA) is 16.4 Å². The summed E-state index contributed by atoms with van der Waals surface area (Å²) in [5.41, 5.74) is 9.76. The highest BCUT2D eigenvalue weighted by molar-refractivity contribution is 6.19. The Morgan fingerprint density at radius 1 is 0.293 bits per heavy atom. The van der Waals surface area contributed by atoms with Crippen molar-refractivity contribution in [3.05, 3.63) is 212 Å². The van der Waals surface area contributed by atoms with E-state index in [1.54, 1.807) is 0 Å². The summed E-state index contributed by atoms with van der Waals surface area (Å²) in [6.07, 6.45) is 0. The van der Waals surface area contributed by atoms with Crippen molar-refractivity contribution in [3.8, 4) is 22.3 Å². The predicted octanol–water partition coefficient (Wildman–Crippen LogP) is 16.2. The highest BCUT2D eigenvalue weighted by atomic mass is 16.3. The summed E-state index contributed by atoms with van der Waals surface area (Å²) < 4.78 is 6.60. The first kappa shape index (κ1) is 32.6. The molecule has 0 radical (unpaired) electrons. The molecule has 0 atom stereocenters. The van der Waals surface area contributed by atoms with E-state index < -0.39 is 0 Å². The number of benzene rings is 11. The first-order valence-electron chi connectivity index (χ1n) is 19.9. The third kappa shape index (κ3) is 5.05. The van der Waals surface area contributed by atoms with E-state index in [4.69, 9.17) is 4.42 Å². The van der Waals surface area contributed by atoms with Crippen molar-refractivity contribution in [2.24, 2.45) is 0 Å². The van der Waals surface area contributed by atoms with Gasteiger partial charge < -0.3 is 9.32 Å². The molecule has 11 aromatic carbocycles. The molecule has 0 aliphatic rings. The number of nitrogens with zero attached hydrogens (tertiary/aromatic N) is 1. The third-order valence-corrected chi connectivity index (χ3v) is 12.0. The van der Waals surface area contributed by atoms with Crippen LogP contribution in [0.3, 0.4) is 0 Å². The Labute approximate surface area is 335 Å². The van der Waals surface area contributed by atoms with E-state index >= 15 is 0 Å². The van der Waals surface area contributed by atoms with E-state index in [0.717, 1.165) is 50.1 Å². The SMILES string of the molecule is c1ccc(N(c2ccc(-c3cc4ccccc4c4ccccc34)cc2)c2cc3ccccc3c3ccccc23)c(-c2cccc3oc4cc5ccccc5cc4c23)c1. The Morgan fingerprint density at radius 2 is 0.845 bits per heavy atom. The molecule has 58 heavy (non-hydrogen) atoms. The van der Waals surface area contributed by atoms with Gasteiger partial charge in [-0.2, -0.15) is 0 Å². The van der Waals surface area contributed by atoms with Gasteiger partial charge in [0.2, 0.25) is 0 Å². The van der Waals surface area contributed by atoms with E-state index in [2.05, 4.69) is 217 Å². The number of para-hydroxylation sites is 1. The molecule has 0 N–H and O–H groups in total. The first-order valence-corrected chi connectivity index (χ1v) is 19.9. The van der Waals surface area contributed by atoms with Crippen LogP contribution in [-0.4, -0.2) is 0 Å². The van der Waals surface area contributed by atoms with Gasteiger partial charge >= 0.3 is 0 Å². The second-order valence-corrected chi connectivity index (χ2v) is 15.2. The molecule has 0 fully saturated rings. The van der Waals surface area contributed by atoms with Crippen LogP contribution >= 0.6 is 0 Å². The summed E-state index contributed by atoms with van der Waals surface area (Å²) in [4.78, 5) is 2.46. The summed E-state index contributed by atoms with van der Waals surface area (Å²) >= 11 is 0. The quantitative estimate of drug-likeness (QED) is 0.164. The lowest BCUT2D eigenvalue weighted by atomic mass is 9.93. The summed E-state index contributed by atoms with van der Waals surface area (Å²) in [5.74, 6) is 0. The fourth-order valence-electron chi connectivity index (χ4n) is 9.34. The van der Waals surface area contributed by atoms with Crippen molar-refractivity contribution in [1.82, 2.24) is 0 Å². The highest BCUT2D eigenvalue weighted by Gasteiger charge is 2.23. The molecule has 0 unspecified atom stereocenters. The second kappa shape index (κ2) is 12.9. The van der Waals surface area contributed by atoms with Crippen molar-refractivity contribution in [2.45, 2.75) is 0 Å². The normalized spacial score (nSPS) is 11.8. The van der Waals surface area contributed by atoms with Gasteiger partial charge in [-0.3, -0.25) is 0 Å². The highest BCUT2D eigenvalue weighted by Crippen LogP contribution is 2.48. The van der Waals surface area contributed by atoms with Crippen LogP contribution in [0.1, 0.15) is 0 Å². The lowest BCUT2D eigenvalue weighted by Crippen LogP contribution is -2.12. The molecule has 2 heteroatoms.